The van der Waals surface area contributed by atoms with Gasteiger partial charge in [0.15, 0.2) is 5.15 Å². The first-order chi connectivity index (χ1) is 7.77. The number of hydrogen-bond donors (Lipinski definition) is 1. The zero-order valence-corrected chi connectivity index (χ0v) is 9.83. The minimum absolute atomic E-state index is 0.510. The summed E-state index contributed by atoms with van der Waals surface area (Å²) in [5.41, 5.74) is 3.41. The summed E-state index contributed by atoms with van der Waals surface area (Å²) in [4.78, 5) is 4.02. The predicted molar refractivity (Wildman–Crippen MR) is 67.8 cm³/mol. The van der Waals surface area contributed by atoms with Gasteiger partial charge in [-0.05, 0) is 30.2 Å². The quantitative estimate of drug-likeness (QED) is 0.817. The summed E-state index contributed by atoms with van der Waals surface area (Å²) in [6.45, 7) is 2.86. The molecule has 82 valence electrons. The molecule has 1 aromatic heterocycles. The first-order valence-corrected chi connectivity index (χ1v) is 5.54. The lowest BCUT2D eigenvalue weighted by Gasteiger charge is -2.09. The molecule has 0 atom stereocenters. The molecular weight excluding hydrogens is 220 g/mol. The average molecular weight is 233 g/mol. The van der Waals surface area contributed by atoms with E-state index < -0.39 is 0 Å². The largest absolute Gasteiger partial charge is 0.378 e. The maximum atomic E-state index is 5.96. The number of nitrogens with zero attached hydrogens (tertiary/aromatic N) is 1. The first kappa shape index (κ1) is 11.0. The number of pyridine rings is 1. The number of benzene rings is 1. The molecule has 0 fully saturated rings. The topological polar surface area (TPSA) is 24.9 Å². The van der Waals surface area contributed by atoms with Gasteiger partial charge in [-0.3, -0.25) is 0 Å². The molecule has 3 heteroatoms. The van der Waals surface area contributed by atoms with E-state index in [1.807, 2.05) is 24.3 Å². The van der Waals surface area contributed by atoms with Crippen molar-refractivity contribution >= 4 is 17.3 Å². The van der Waals surface area contributed by atoms with Crippen LogP contribution in [0.4, 0.5) is 5.69 Å². The Bertz CT molecular complexity index is 437. The van der Waals surface area contributed by atoms with E-state index in [0.29, 0.717) is 5.15 Å². The van der Waals surface area contributed by atoms with Gasteiger partial charge in [-0.2, -0.15) is 0 Å². The van der Waals surface area contributed by atoms with Crippen molar-refractivity contribution in [3.05, 3.63) is 58.9 Å². The third-order valence-electron chi connectivity index (χ3n) is 2.49. The van der Waals surface area contributed by atoms with Gasteiger partial charge < -0.3 is 5.32 Å². The summed E-state index contributed by atoms with van der Waals surface area (Å²) in [5, 5.41) is 3.79. The molecule has 2 rings (SSSR count). The second-order valence-electron chi connectivity index (χ2n) is 3.62. The van der Waals surface area contributed by atoms with Crippen LogP contribution in [-0.2, 0) is 6.54 Å². The van der Waals surface area contributed by atoms with Crippen LogP contribution < -0.4 is 5.32 Å². The number of aryl methyl sites for hydroxylation is 1. The number of aromatic nitrogens is 1. The van der Waals surface area contributed by atoms with E-state index in [2.05, 4.69) is 29.4 Å². The van der Waals surface area contributed by atoms with E-state index in [-0.39, 0.29) is 0 Å². The number of hydrogen-bond acceptors (Lipinski definition) is 2. The highest BCUT2D eigenvalue weighted by molar-refractivity contribution is 6.31. The molecule has 0 amide bonds. The van der Waals surface area contributed by atoms with Crippen LogP contribution in [0.5, 0.6) is 0 Å². The van der Waals surface area contributed by atoms with Crippen molar-refractivity contribution in [3.63, 3.8) is 0 Å². The van der Waals surface area contributed by atoms with Crippen LogP contribution in [0.25, 0.3) is 0 Å². The van der Waals surface area contributed by atoms with Crippen LogP contribution in [0, 0.1) is 6.92 Å². The highest BCUT2D eigenvalue weighted by atomic mass is 35.5. The molecular formula is C13H13ClN2. The number of halogens is 1. The van der Waals surface area contributed by atoms with Crippen LogP contribution in [0.3, 0.4) is 0 Å². The van der Waals surface area contributed by atoms with Gasteiger partial charge in [0.05, 0.1) is 5.69 Å². The normalized spacial score (nSPS) is 10.1. The molecule has 0 radical (unpaired) electrons. The first-order valence-electron chi connectivity index (χ1n) is 5.16. The molecule has 0 aliphatic carbocycles. The Hall–Kier alpha value is -1.54. The summed E-state index contributed by atoms with van der Waals surface area (Å²) in [7, 11) is 0. The SMILES string of the molecule is Cc1ccccc1CNc1cccnc1Cl. The van der Waals surface area contributed by atoms with Crippen molar-refractivity contribution in [2.24, 2.45) is 0 Å². The zero-order valence-electron chi connectivity index (χ0n) is 9.07. The molecule has 1 N–H and O–H groups in total. The van der Waals surface area contributed by atoms with E-state index in [0.717, 1.165) is 12.2 Å². The second kappa shape index (κ2) is 4.99. The van der Waals surface area contributed by atoms with E-state index in [1.165, 1.54) is 11.1 Å². The summed E-state index contributed by atoms with van der Waals surface area (Å²) in [6, 6.07) is 12.1. The van der Waals surface area contributed by atoms with Crippen molar-refractivity contribution in [2.75, 3.05) is 5.32 Å². The van der Waals surface area contributed by atoms with Crippen molar-refractivity contribution in [3.8, 4) is 0 Å². The lowest BCUT2D eigenvalue weighted by molar-refractivity contribution is 1.11. The maximum absolute atomic E-state index is 5.96. The molecule has 0 aliphatic heterocycles. The van der Waals surface area contributed by atoms with Crippen molar-refractivity contribution in [2.45, 2.75) is 13.5 Å². The molecule has 1 aromatic carbocycles. The molecule has 2 nitrogen and oxygen atoms in total. The van der Waals surface area contributed by atoms with Crippen LogP contribution in [0.1, 0.15) is 11.1 Å². The Morgan fingerprint density at radius 2 is 2.00 bits per heavy atom. The Labute approximate surface area is 100 Å². The number of nitrogens with one attached hydrogen (secondary N) is 1. The lowest BCUT2D eigenvalue weighted by Crippen LogP contribution is -2.01. The molecule has 0 aliphatic rings. The average Bonchev–Trinajstić information content (AvgIpc) is 2.30. The van der Waals surface area contributed by atoms with Crippen molar-refractivity contribution < 1.29 is 0 Å². The highest BCUT2D eigenvalue weighted by Crippen LogP contribution is 2.18. The second-order valence-corrected chi connectivity index (χ2v) is 3.98. The minimum Gasteiger partial charge on any atom is -0.378 e. The van der Waals surface area contributed by atoms with Crippen molar-refractivity contribution in [1.29, 1.82) is 0 Å². The summed E-state index contributed by atoms with van der Waals surface area (Å²) < 4.78 is 0. The van der Waals surface area contributed by atoms with Gasteiger partial charge >= 0.3 is 0 Å². The van der Waals surface area contributed by atoms with Gasteiger partial charge in [0.25, 0.3) is 0 Å². The van der Waals surface area contributed by atoms with Crippen LogP contribution in [0.2, 0.25) is 5.15 Å². The molecule has 0 bridgehead atoms. The molecule has 1 heterocycles. The van der Waals surface area contributed by atoms with Gasteiger partial charge in [-0.1, -0.05) is 35.9 Å². The fourth-order valence-electron chi connectivity index (χ4n) is 1.52. The van der Waals surface area contributed by atoms with Gasteiger partial charge in [-0.25, -0.2) is 4.98 Å². The molecule has 0 saturated heterocycles. The maximum Gasteiger partial charge on any atom is 0.152 e. The van der Waals surface area contributed by atoms with Gasteiger partial charge in [-0.15, -0.1) is 0 Å². The molecule has 0 unspecified atom stereocenters. The molecule has 0 spiro atoms. The predicted octanol–water partition coefficient (Wildman–Crippen LogP) is 3.66. The zero-order chi connectivity index (χ0) is 11.4. The summed E-state index contributed by atoms with van der Waals surface area (Å²) in [6.07, 6.45) is 1.68. The minimum atomic E-state index is 0.510. The van der Waals surface area contributed by atoms with E-state index >= 15 is 0 Å². The van der Waals surface area contributed by atoms with Gasteiger partial charge in [0.1, 0.15) is 0 Å². The number of rotatable bonds is 3. The summed E-state index contributed by atoms with van der Waals surface area (Å²) >= 11 is 5.96. The van der Waals surface area contributed by atoms with E-state index in [1.54, 1.807) is 6.20 Å². The fraction of sp³-hybridized carbons (Fsp3) is 0.154. The van der Waals surface area contributed by atoms with Crippen LogP contribution >= 0.6 is 11.6 Å². The highest BCUT2D eigenvalue weighted by Gasteiger charge is 2.00. The monoisotopic (exact) mass is 232 g/mol. The number of anilines is 1. The third-order valence-corrected chi connectivity index (χ3v) is 2.79. The smallest absolute Gasteiger partial charge is 0.152 e. The Morgan fingerprint density at radius 1 is 1.19 bits per heavy atom. The molecule has 16 heavy (non-hydrogen) atoms. The molecule has 2 aromatic rings. The van der Waals surface area contributed by atoms with Crippen LogP contribution in [0.15, 0.2) is 42.6 Å². The van der Waals surface area contributed by atoms with Crippen molar-refractivity contribution in [1.82, 2.24) is 4.98 Å². The van der Waals surface area contributed by atoms with Gasteiger partial charge in [0, 0.05) is 12.7 Å². The lowest BCUT2D eigenvalue weighted by atomic mass is 10.1. The fourth-order valence-corrected chi connectivity index (χ4v) is 1.70. The third kappa shape index (κ3) is 2.52. The standard InChI is InChI=1S/C13H13ClN2/c1-10-5-2-3-6-11(10)9-16-12-7-4-8-15-13(12)14/h2-8,16H,9H2,1H3. The Morgan fingerprint density at radius 3 is 2.75 bits per heavy atom. The van der Waals surface area contributed by atoms with Gasteiger partial charge in [0.2, 0.25) is 0 Å². The molecule has 0 saturated carbocycles. The van der Waals surface area contributed by atoms with E-state index in [9.17, 15) is 0 Å². The Kier molecular flexibility index (Phi) is 3.42. The van der Waals surface area contributed by atoms with E-state index in [4.69, 9.17) is 11.6 Å². The Balaban J connectivity index is 2.09. The summed E-state index contributed by atoms with van der Waals surface area (Å²) in [5.74, 6) is 0. The van der Waals surface area contributed by atoms with Crippen LogP contribution in [-0.4, -0.2) is 4.98 Å².